The Morgan fingerprint density at radius 1 is 1.12 bits per heavy atom. The Kier molecular flexibility index (Phi) is 7.04. The highest BCUT2D eigenvalue weighted by Crippen LogP contribution is 2.24. The van der Waals surface area contributed by atoms with Crippen LogP contribution >= 0.6 is 0 Å². The van der Waals surface area contributed by atoms with Crippen molar-refractivity contribution >= 4 is 23.1 Å². The number of hydrogen-bond donors (Lipinski definition) is 2. The molecule has 0 fully saturated rings. The van der Waals surface area contributed by atoms with E-state index in [1.165, 1.54) is 11.3 Å². The molecule has 0 unspecified atom stereocenters. The van der Waals surface area contributed by atoms with Gasteiger partial charge in [0.25, 0.3) is 0 Å². The second-order valence-corrected chi connectivity index (χ2v) is 6.67. The van der Waals surface area contributed by atoms with Crippen molar-refractivity contribution < 1.29 is 0 Å². The van der Waals surface area contributed by atoms with Gasteiger partial charge in [0.2, 0.25) is 5.95 Å². The topological polar surface area (TPSA) is 53.1 Å². The van der Waals surface area contributed by atoms with E-state index in [1.54, 1.807) is 6.20 Å². The largest absolute Gasteiger partial charge is 0.372 e. The second kappa shape index (κ2) is 9.25. The quantitative estimate of drug-likeness (QED) is 0.684. The molecule has 5 nitrogen and oxygen atoms in total. The first-order valence-electron chi connectivity index (χ1n) is 9.23. The van der Waals surface area contributed by atoms with Crippen molar-refractivity contribution in [3.63, 3.8) is 0 Å². The third kappa shape index (κ3) is 5.62. The van der Waals surface area contributed by atoms with Gasteiger partial charge in [0, 0.05) is 37.2 Å². The van der Waals surface area contributed by atoms with Crippen LogP contribution in [0.4, 0.5) is 23.1 Å². The molecule has 5 heteroatoms. The van der Waals surface area contributed by atoms with Crippen molar-refractivity contribution in [3.8, 4) is 0 Å². The van der Waals surface area contributed by atoms with E-state index in [-0.39, 0.29) is 0 Å². The summed E-state index contributed by atoms with van der Waals surface area (Å²) in [6, 6.07) is 8.36. The number of anilines is 4. The zero-order chi connectivity index (χ0) is 18.2. The van der Waals surface area contributed by atoms with E-state index in [1.807, 2.05) is 6.07 Å². The molecule has 1 aromatic heterocycles. The molecule has 0 radical (unpaired) electrons. The summed E-state index contributed by atoms with van der Waals surface area (Å²) in [4.78, 5) is 11.2. The van der Waals surface area contributed by atoms with Gasteiger partial charge in [-0.25, -0.2) is 4.98 Å². The highest BCUT2D eigenvalue weighted by Gasteiger charge is 2.07. The lowest BCUT2D eigenvalue weighted by Crippen LogP contribution is -2.21. The number of aromatic nitrogens is 2. The standard InChI is InChI=1S/C20H31N5/c1-6-25(7-2)17-8-9-18(16(5)14-17)23-20-22-13-11-19(24-20)21-12-10-15(3)4/h8-9,11,13-15H,6-7,10,12H2,1-5H3,(H2,21,22,23,24). The lowest BCUT2D eigenvalue weighted by Gasteiger charge is -2.22. The molecule has 25 heavy (non-hydrogen) atoms. The maximum absolute atomic E-state index is 4.55. The first kappa shape index (κ1) is 19.0. The fraction of sp³-hybridized carbons (Fsp3) is 0.500. The van der Waals surface area contributed by atoms with E-state index in [0.717, 1.165) is 37.6 Å². The van der Waals surface area contributed by atoms with Gasteiger partial charge in [-0.1, -0.05) is 13.8 Å². The smallest absolute Gasteiger partial charge is 0.229 e. The predicted molar refractivity (Wildman–Crippen MR) is 108 cm³/mol. The van der Waals surface area contributed by atoms with Crippen LogP contribution in [0.2, 0.25) is 0 Å². The monoisotopic (exact) mass is 341 g/mol. The lowest BCUT2D eigenvalue weighted by atomic mass is 10.1. The molecule has 136 valence electrons. The van der Waals surface area contributed by atoms with E-state index in [0.29, 0.717) is 11.9 Å². The Balaban J connectivity index is 2.06. The highest BCUT2D eigenvalue weighted by atomic mass is 15.1. The minimum Gasteiger partial charge on any atom is -0.372 e. The van der Waals surface area contributed by atoms with Crippen molar-refractivity contribution in [3.05, 3.63) is 36.0 Å². The van der Waals surface area contributed by atoms with E-state index in [2.05, 4.69) is 78.3 Å². The molecule has 0 aliphatic heterocycles. The van der Waals surface area contributed by atoms with Crippen LogP contribution in [0.25, 0.3) is 0 Å². The number of benzene rings is 1. The molecule has 0 bridgehead atoms. The number of nitrogens with zero attached hydrogens (tertiary/aromatic N) is 3. The minimum absolute atomic E-state index is 0.619. The summed E-state index contributed by atoms with van der Waals surface area (Å²) in [6.45, 7) is 13.9. The maximum atomic E-state index is 4.55. The third-order valence-electron chi connectivity index (χ3n) is 4.27. The minimum atomic E-state index is 0.619. The fourth-order valence-corrected chi connectivity index (χ4v) is 2.70. The summed E-state index contributed by atoms with van der Waals surface area (Å²) in [5, 5.41) is 6.69. The average Bonchev–Trinajstić information content (AvgIpc) is 2.58. The van der Waals surface area contributed by atoms with Crippen LogP contribution in [0, 0.1) is 12.8 Å². The van der Waals surface area contributed by atoms with Gasteiger partial charge in [0.1, 0.15) is 5.82 Å². The van der Waals surface area contributed by atoms with Crippen molar-refractivity contribution in [2.45, 2.75) is 41.0 Å². The molecular weight excluding hydrogens is 310 g/mol. The number of nitrogens with one attached hydrogen (secondary N) is 2. The summed E-state index contributed by atoms with van der Waals surface area (Å²) in [5.74, 6) is 2.16. The van der Waals surface area contributed by atoms with Crippen molar-refractivity contribution in [1.29, 1.82) is 0 Å². The lowest BCUT2D eigenvalue weighted by molar-refractivity contribution is 0.606. The van der Waals surface area contributed by atoms with Gasteiger partial charge in [0.15, 0.2) is 0 Å². The third-order valence-corrected chi connectivity index (χ3v) is 4.27. The number of aryl methyl sites for hydroxylation is 1. The zero-order valence-corrected chi connectivity index (χ0v) is 16.1. The predicted octanol–water partition coefficient (Wildman–Crippen LogP) is 4.83. The van der Waals surface area contributed by atoms with E-state index in [9.17, 15) is 0 Å². The van der Waals surface area contributed by atoms with Gasteiger partial charge in [-0.05, 0) is 62.9 Å². The maximum Gasteiger partial charge on any atom is 0.229 e. The molecule has 0 aliphatic carbocycles. The summed E-state index contributed by atoms with van der Waals surface area (Å²) in [7, 11) is 0. The molecule has 2 rings (SSSR count). The SMILES string of the molecule is CCN(CC)c1ccc(Nc2nccc(NCCC(C)C)n2)c(C)c1. The van der Waals surface area contributed by atoms with Crippen LogP contribution < -0.4 is 15.5 Å². The fourth-order valence-electron chi connectivity index (χ4n) is 2.70. The molecule has 2 aromatic rings. The molecule has 0 spiro atoms. The van der Waals surface area contributed by atoms with Crippen molar-refractivity contribution in [2.75, 3.05) is 35.2 Å². The van der Waals surface area contributed by atoms with Crippen LogP contribution in [0.1, 0.15) is 39.7 Å². The van der Waals surface area contributed by atoms with E-state index < -0.39 is 0 Å². The molecular formula is C20H31N5. The Labute approximate surface area is 151 Å². The van der Waals surface area contributed by atoms with Gasteiger partial charge in [-0.15, -0.1) is 0 Å². The number of hydrogen-bond acceptors (Lipinski definition) is 5. The van der Waals surface area contributed by atoms with Crippen molar-refractivity contribution in [1.82, 2.24) is 9.97 Å². The van der Waals surface area contributed by atoms with Crippen LogP contribution in [-0.4, -0.2) is 29.6 Å². The highest BCUT2D eigenvalue weighted by molar-refractivity contribution is 5.64. The van der Waals surface area contributed by atoms with Gasteiger partial charge < -0.3 is 15.5 Å². The first-order chi connectivity index (χ1) is 12.0. The Hall–Kier alpha value is -2.30. The average molecular weight is 342 g/mol. The van der Waals surface area contributed by atoms with Gasteiger partial charge in [0.05, 0.1) is 0 Å². The van der Waals surface area contributed by atoms with Gasteiger partial charge in [-0.2, -0.15) is 4.98 Å². The van der Waals surface area contributed by atoms with E-state index >= 15 is 0 Å². The molecule has 0 aliphatic rings. The summed E-state index contributed by atoms with van der Waals surface area (Å²) in [5.41, 5.74) is 3.47. The van der Waals surface area contributed by atoms with Crippen LogP contribution in [0.3, 0.4) is 0 Å². The van der Waals surface area contributed by atoms with Gasteiger partial charge in [-0.3, -0.25) is 0 Å². The molecule has 0 saturated heterocycles. The summed E-state index contributed by atoms with van der Waals surface area (Å²) < 4.78 is 0. The Morgan fingerprint density at radius 3 is 2.52 bits per heavy atom. The summed E-state index contributed by atoms with van der Waals surface area (Å²) in [6.07, 6.45) is 2.91. The van der Waals surface area contributed by atoms with Crippen LogP contribution in [0.15, 0.2) is 30.5 Å². The van der Waals surface area contributed by atoms with Gasteiger partial charge >= 0.3 is 0 Å². The summed E-state index contributed by atoms with van der Waals surface area (Å²) >= 11 is 0. The molecule has 0 saturated carbocycles. The molecule has 1 aromatic carbocycles. The Morgan fingerprint density at radius 2 is 1.88 bits per heavy atom. The van der Waals surface area contributed by atoms with Crippen molar-refractivity contribution in [2.24, 2.45) is 5.92 Å². The Bertz CT molecular complexity index is 665. The first-order valence-corrected chi connectivity index (χ1v) is 9.23. The molecule has 0 atom stereocenters. The zero-order valence-electron chi connectivity index (χ0n) is 16.1. The van der Waals surface area contributed by atoms with Crippen LogP contribution in [0.5, 0.6) is 0 Å². The molecule has 0 amide bonds. The molecule has 2 N–H and O–H groups in total. The van der Waals surface area contributed by atoms with Crippen LogP contribution in [-0.2, 0) is 0 Å². The number of rotatable bonds is 9. The molecule has 1 heterocycles. The second-order valence-electron chi connectivity index (χ2n) is 6.67. The van der Waals surface area contributed by atoms with E-state index in [4.69, 9.17) is 0 Å². The normalized spacial score (nSPS) is 10.8.